The lowest BCUT2D eigenvalue weighted by atomic mass is 9.94. The Bertz CT molecular complexity index is 1240. The zero-order valence-corrected chi connectivity index (χ0v) is 19.9. The average molecular weight is 456 g/mol. The summed E-state index contributed by atoms with van der Waals surface area (Å²) in [6.07, 6.45) is 0. The van der Waals surface area contributed by atoms with Gasteiger partial charge in [0, 0.05) is 11.3 Å². The Labute approximate surface area is 200 Å². The van der Waals surface area contributed by atoms with Gasteiger partial charge in [-0.3, -0.25) is 14.5 Å². The monoisotopic (exact) mass is 455 g/mol. The van der Waals surface area contributed by atoms with Crippen LogP contribution >= 0.6 is 0 Å². The normalized spacial score (nSPS) is 17.4. The van der Waals surface area contributed by atoms with Crippen LogP contribution in [-0.2, 0) is 9.59 Å². The number of benzene rings is 3. The minimum absolute atomic E-state index is 0.0759. The number of carbonyl (C=O) groups excluding carboxylic acids is 2. The first-order valence-corrected chi connectivity index (χ1v) is 11.4. The van der Waals surface area contributed by atoms with E-state index in [1.165, 1.54) is 4.90 Å². The molecule has 3 aromatic carbocycles. The Morgan fingerprint density at radius 2 is 1.62 bits per heavy atom. The molecule has 4 rings (SSSR count). The molecule has 1 saturated heterocycles. The number of hydrogen-bond donors (Lipinski definition) is 1. The molecule has 1 heterocycles. The minimum atomic E-state index is -0.737. The van der Waals surface area contributed by atoms with Crippen LogP contribution in [0.25, 0.3) is 5.76 Å². The third-order valence-electron chi connectivity index (χ3n) is 5.83. The summed E-state index contributed by atoms with van der Waals surface area (Å²) in [5.41, 5.74) is 3.95. The Morgan fingerprint density at radius 3 is 2.24 bits per heavy atom. The van der Waals surface area contributed by atoms with Gasteiger partial charge in [-0.15, -0.1) is 0 Å². The number of aryl methyl sites for hydroxylation is 2. The van der Waals surface area contributed by atoms with Gasteiger partial charge in [0.15, 0.2) is 0 Å². The number of amides is 1. The van der Waals surface area contributed by atoms with E-state index in [9.17, 15) is 14.7 Å². The summed E-state index contributed by atoms with van der Waals surface area (Å²) < 4.78 is 5.73. The van der Waals surface area contributed by atoms with Crippen molar-refractivity contribution in [2.75, 3.05) is 11.5 Å². The number of anilines is 1. The fraction of sp³-hybridized carbons (Fsp3) is 0.241. The first-order valence-electron chi connectivity index (χ1n) is 11.4. The lowest BCUT2D eigenvalue weighted by molar-refractivity contribution is -0.132. The molecule has 0 spiro atoms. The van der Waals surface area contributed by atoms with E-state index in [-0.39, 0.29) is 11.3 Å². The lowest BCUT2D eigenvalue weighted by Gasteiger charge is -2.26. The quantitative estimate of drug-likeness (QED) is 0.283. The summed E-state index contributed by atoms with van der Waals surface area (Å²) in [7, 11) is 0. The number of ketones is 1. The van der Waals surface area contributed by atoms with Gasteiger partial charge in [-0.05, 0) is 61.7 Å². The summed E-state index contributed by atoms with van der Waals surface area (Å²) in [5.74, 6) is -0.492. The maximum Gasteiger partial charge on any atom is 0.300 e. The van der Waals surface area contributed by atoms with Crippen LogP contribution in [-0.4, -0.2) is 23.4 Å². The average Bonchev–Trinajstić information content (AvgIpc) is 3.08. The number of Topliss-reactive ketones (excluding diaryl/α,β-unsaturated/α-hetero) is 1. The van der Waals surface area contributed by atoms with Crippen LogP contribution in [0.3, 0.4) is 0 Å². The molecule has 0 saturated carbocycles. The van der Waals surface area contributed by atoms with Crippen LogP contribution in [0.5, 0.6) is 5.75 Å². The Morgan fingerprint density at radius 1 is 0.941 bits per heavy atom. The molecule has 0 aromatic heterocycles. The van der Waals surface area contributed by atoms with E-state index >= 15 is 0 Å². The largest absolute Gasteiger partial charge is 0.507 e. The molecule has 5 heteroatoms. The van der Waals surface area contributed by atoms with Gasteiger partial charge in [0.2, 0.25) is 0 Å². The number of rotatable bonds is 6. The first kappa shape index (κ1) is 23.3. The molecule has 1 N–H and O–H groups in total. The van der Waals surface area contributed by atoms with Crippen molar-refractivity contribution in [3.8, 4) is 5.75 Å². The smallest absolute Gasteiger partial charge is 0.300 e. The van der Waals surface area contributed by atoms with Gasteiger partial charge in [0.1, 0.15) is 11.5 Å². The molecular weight excluding hydrogens is 426 g/mol. The first-order chi connectivity index (χ1) is 16.3. The molecular formula is C29H29NO4. The summed E-state index contributed by atoms with van der Waals surface area (Å²) in [5, 5.41) is 11.3. The molecule has 3 aromatic rings. The molecule has 174 valence electrons. The molecule has 1 aliphatic heterocycles. The molecule has 5 nitrogen and oxygen atoms in total. The van der Waals surface area contributed by atoms with Crippen LogP contribution in [0, 0.1) is 19.8 Å². The Balaban J connectivity index is 1.82. The van der Waals surface area contributed by atoms with Gasteiger partial charge >= 0.3 is 0 Å². The predicted octanol–water partition coefficient (Wildman–Crippen LogP) is 5.96. The highest BCUT2D eigenvalue weighted by Crippen LogP contribution is 2.42. The lowest BCUT2D eigenvalue weighted by Crippen LogP contribution is -2.29. The summed E-state index contributed by atoms with van der Waals surface area (Å²) in [4.78, 5) is 27.9. The molecule has 1 fully saturated rings. The van der Waals surface area contributed by atoms with Gasteiger partial charge in [-0.1, -0.05) is 61.4 Å². The highest BCUT2D eigenvalue weighted by molar-refractivity contribution is 6.51. The van der Waals surface area contributed by atoms with Crippen LogP contribution in [0.15, 0.2) is 78.4 Å². The van der Waals surface area contributed by atoms with Crippen molar-refractivity contribution in [3.63, 3.8) is 0 Å². The number of aliphatic hydroxyl groups is 1. The summed E-state index contributed by atoms with van der Waals surface area (Å²) in [6.45, 7) is 8.64. The number of aliphatic hydroxyl groups excluding tert-OH is 1. The SMILES string of the molecule is Cc1ccc(N2C(=O)C(=O)/C(=C(\O)c3ccc(OCC(C)C)cc3)C2c2cccc(C)c2)cc1. The second-order valence-electron chi connectivity index (χ2n) is 9.15. The summed E-state index contributed by atoms with van der Waals surface area (Å²) >= 11 is 0. The molecule has 1 amide bonds. The zero-order chi connectivity index (χ0) is 24.4. The standard InChI is InChI=1S/C29H29NO4/c1-18(2)17-34-24-14-10-21(11-15-24)27(31)25-26(22-7-5-6-20(4)16-22)30(29(33)28(25)32)23-12-8-19(3)9-13-23/h5-16,18,26,31H,17H2,1-4H3/b27-25-. The van der Waals surface area contributed by atoms with Crippen molar-refractivity contribution < 1.29 is 19.4 Å². The van der Waals surface area contributed by atoms with Gasteiger partial charge in [-0.2, -0.15) is 0 Å². The Kier molecular flexibility index (Phi) is 6.55. The number of ether oxygens (including phenoxy) is 1. The Hall–Kier alpha value is -3.86. The second-order valence-corrected chi connectivity index (χ2v) is 9.15. The predicted molar refractivity (Wildman–Crippen MR) is 134 cm³/mol. The van der Waals surface area contributed by atoms with E-state index in [1.54, 1.807) is 24.3 Å². The van der Waals surface area contributed by atoms with Crippen molar-refractivity contribution in [1.29, 1.82) is 0 Å². The minimum Gasteiger partial charge on any atom is -0.507 e. The van der Waals surface area contributed by atoms with Crippen LogP contribution in [0.2, 0.25) is 0 Å². The van der Waals surface area contributed by atoms with E-state index in [0.29, 0.717) is 29.5 Å². The molecule has 0 radical (unpaired) electrons. The molecule has 0 bridgehead atoms. The highest BCUT2D eigenvalue weighted by Gasteiger charge is 2.46. The third kappa shape index (κ3) is 4.60. The van der Waals surface area contributed by atoms with Crippen LogP contribution in [0.4, 0.5) is 5.69 Å². The van der Waals surface area contributed by atoms with Crippen molar-refractivity contribution in [1.82, 2.24) is 0 Å². The second kappa shape index (κ2) is 9.56. The topological polar surface area (TPSA) is 66.8 Å². The summed E-state index contributed by atoms with van der Waals surface area (Å²) in [6, 6.07) is 21.3. The van der Waals surface area contributed by atoms with E-state index in [0.717, 1.165) is 16.7 Å². The van der Waals surface area contributed by atoms with Crippen LogP contribution < -0.4 is 9.64 Å². The number of hydrogen-bond acceptors (Lipinski definition) is 4. The van der Waals surface area contributed by atoms with Gasteiger partial charge < -0.3 is 9.84 Å². The van der Waals surface area contributed by atoms with E-state index < -0.39 is 17.7 Å². The van der Waals surface area contributed by atoms with Gasteiger partial charge in [0.05, 0.1) is 18.2 Å². The third-order valence-corrected chi connectivity index (χ3v) is 5.83. The number of nitrogens with zero attached hydrogens (tertiary/aromatic N) is 1. The highest BCUT2D eigenvalue weighted by atomic mass is 16.5. The van der Waals surface area contributed by atoms with Crippen LogP contribution in [0.1, 0.15) is 42.1 Å². The van der Waals surface area contributed by atoms with Crippen molar-refractivity contribution in [2.45, 2.75) is 33.7 Å². The van der Waals surface area contributed by atoms with Crippen molar-refractivity contribution >= 4 is 23.1 Å². The number of carbonyl (C=O) groups is 2. The zero-order valence-electron chi connectivity index (χ0n) is 19.9. The van der Waals surface area contributed by atoms with Crippen molar-refractivity contribution in [3.05, 3.63) is 101 Å². The molecule has 1 atom stereocenters. The van der Waals surface area contributed by atoms with Crippen molar-refractivity contribution in [2.24, 2.45) is 5.92 Å². The van der Waals surface area contributed by atoms with E-state index in [4.69, 9.17) is 4.74 Å². The van der Waals surface area contributed by atoms with Gasteiger partial charge in [0.25, 0.3) is 11.7 Å². The molecule has 1 unspecified atom stereocenters. The fourth-order valence-electron chi connectivity index (χ4n) is 4.09. The van der Waals surface area contributed by atoms with E-state index in [1.807, 2.05) is 62.4 Å². The molecule has 0 aliphatic carbocycles. The maximum absolute atomic E-state index is 13.3. The van der Waals surface area contributed by atoms with E-state index in [2.05, 4.69) is 13.8 Å². The fourth-order valence-corrected chi connectivity index (χ4v) is 4.09. The van der Waals surface area contributed by atoms with Gasteiger partial charge in [-0.25, -0.2) is 0 Å². The molecule has 1 aliphatic rings. The molecule has 34 heavy (non-hydrogen) atoms. The maximum atomic E-state index is 13.3.